The average Bonchev–Trinajstić information content (AvgIpc) is 3.52. The second-order valence-electron chi connectivity index (χ2n) is 18.2. The number of amides is 1. The number of hydrogen-bond acceptors (Lipinski definition) is 17. The third kappa shape index (κ3) is 7.49. The van der Waals surface area contributed by atoms with Crippen molar-refractivity contribution in [1.29, 1.82) is 0 Å². The normalized spacial score (nSPS) is 34.3. The fraction of sp³-hybridized carbons (Fsp3) is 0.628. The van der Waals surface area contributed by atoms with Gasteiger partial charge < -0.3 is 58.2 Å². The van der Waals surface area contributed by atoms with E-state index in [0.717, 1.165) is 7.11 Å². The van der Waals surface area contributed by atoms with Gasteiger partial charge in [0.05, 0.1) is 37.2 Å². The second kappa shape index (κ2) is 15.9. The van der Waals surface area contributed by atoms with Gasteiger partial charge in [-0.1, -0.05) is 43.7 Å². The molecule has 4 fully saturated rings. The summed E-state index contributed by atoms with van der Waals surface area (Å²) in [5, 5.41) is 26.2. The summed E-state index contributed by atoms with van der Waals surface area (Å²) in [6.45, 7) is 15.2. The molecule has 6 rings (SSSR count). The first-order valence-corrected chi connectivity index (χ1v) is 20.0. The van der Waals surface area contributed by atoms with Crippen LogP contribution in [0.25, 0.3) is 0 Å². The Balaban J connectivity index is 1.62. The molecule has 2 unspecified atom stereocenters. The van der Waals surface area contributed by atoms with E-state index in [1.165, 1.54) is 26.8 Å². The number of carbonyl (C=O) groups is 6. The number of rotatable bonds is 9. The fourth-order valence-corrected chi connectivity index (χ4v) is 10.0. The van der Waals surface area contributed by atoms with Gasteiger partial charge in [0, 0.05) is 18.8 Å². The Labute approximate surface area is 353 Å². The van der Waals surface area contributed by atoms with Crippen molar-refractivity contribution in [3.8, 4) is 5.75 Å². The lowest BCUT2D eigenvalue weighted by molar-refractivity contribution is -0.343. The highest BCUT2D eigenvalue weighted by Crippen LogP contribution is 2.66. The number of benzene rings is 1. The monoisotopic (exact) mass is 857 g/mol. The van der Waals surface area contributed by atoms with Gasteiger partial charge in [0.15, 0.2) is 41.9 Å². The van der Waals surface area contributed by atoms with E-state index < -0.39 is 118 Å². The number of nitrogens with one attached hydrogen (secondary N) is 1. The van der Waals surface area contributed by atoms with E-state index in [-0.39, 0.29) is 29.9 Å². The van der Waals surface area contributed by atoms with Crippen LogP contribution in [-0.4, -0.2) is 126 Å². The maximum atomic E-state index is 15.6. The minimum Gasteiger partial charge on any atom is -0.486 e. The van der Waals surface area contributed by atoms with E-state index >= 15 is 4.79 Å². The molecule has 1 spiro atoms. The zero-order chi connectivity index (χ0) is 45.2. The summed E-state index contributed by atoms with van der Waals surface area (Å²) in [6.07, 6.45) is -13.8. The lowest BCUT2D eigenvalue weighted by atomic mass is 9.44. The summed E-state index contributed by atoms with van der Waals surface area (Å²) in [6, 6.07) is 6.88. The van der Waals surface area contributed by atoms with Crippen LogP contribution in [-0.2, 0) is 52.3 Å². The third-order valence-corrected chi connectivity index (χ3v) is 12.5. The summed E-state index contributed by atoms with van der Waals surface area (Å²) >= 11 is 0. The Morgan fingerprint density at radius 2 is 1.67 bits per heavy atom. The first-order valence-electron chi connectivity index (χ1n) is 20.0. The van der Waals surface area contributed by atoms with Gasteiger partial charge in [0.2, 0.25) is 5.60 Å². The molecule has 18 heteroatoms. The molecule has 2 bridgehead atoms. The molecule has 334 valence electrons. The molecule has 1 aromatic carbocycles. The minimum absolute atomic E-state index is 0.0282. The molecular weight excluding hydrogens is 802 g/mol. The van der Waals surface area contributed by atoms with Crippen LogP contribution in [0.5, 0.6) is 5.75 Å². The van der Waals surface area contributed by atoms with Crippen molar-refractivity contribution in [1.82, 2.24) is 5.32 Å². The Bertz CT molecular complexity index is 2020. The van der Waals surface area contributed by atoms with Crippen molar-refractivity contribution < 1.29 is 81.6 Å². The maximum Gasteiger partial charge on any atom is 0.509 e. The number of aliphatic hydroxyl groups is 2. The van der Waals surface area contributed by atoms with E-state index in [4.69, 9.17) is 42.6 Å². The molecule has 5 aliphatic rings. The number of aliphatic hydroxyl groups excluding tert-OH is 2. The van der Waals surface area contributed by atoms with Crippen molar-refractivity contribution in [3.05, 3.63) is 53.1 Å². The van der Waals surface area contributed by atoms with Crippen LogP contribution in [0.3, 0.4) is 0 Å². The van der Waals surface area contributed by atoms with Crippen LogP contribution in [0.15, 0.2) is 53.1 Å². The number of hydrogen-bond donors (Lipinski definition) is 3. The highest BCUT2D eigenvalue weighted by molar-refractivity contribution is 5.95. The molecule has 2 saturated carbocycles. The molecule has 0 radical (unpaired) electrons. The van der Waals surface area contributed by atoms with Gasteiger partial charge in [-0.3, -0.25) is 9.59 Å². The molecule has 18 nitrogen and oxygen atoms in total. The largest absolute Gasteiger partial charge is 0.509 e. The average molecular weight is 858 g/mol. The van der Waals surface area contributed by atoms with E-state index in [9.17, 15) is 34.2 Å². The van der Waals surface area contributed by atoms with Gasteiger partial charge >= 0.3 is 30.3 Å². The molecule has 2 heterocycles. The Morgan fingerprint density at radius 3 is 2.23 bits per heavy atom. The van der Waals surface area contributed by atoms with Gasteiger partial charge in [0.1, 0.15) is 17.5 Å². The molecule has 3 N–H and O–H groups in total. The number of methoxy groups -OCH3 is 1. The molecule has 2 aliphatic heterocycles. The van der Waals surface area contributed by atoms with E-state index in [1.807, 2.05) is 0 Å². The summed E-state index contributed by atoms with van der Waals surface area (Å²) in [5.41, 5.74) is -7.94. The Hall–Kier alpha value is -5.20. The summed E-state index contributed by atoms with van der Waals surface area (Å²) in [5.74, 6) is -4.22. The van der Waals surface area contributed by atoms with E-state index in [2.05, 4.69) is 5.32 Å². The second-order valence-corrected chi connectivity index (χ2v) is 18.2. The number of alkyl carbamates (subject to hydrolysis) is 1. The van der Waals surface area contributed by atoms with Crippen molar-refractivity contribution in [2.24, 2.45) is 16.7 Å². The number of ether oxygens (including phenoxy) is 9. The first-order chi connectivity index (χ1) is 28.3. The SMILES string of the molecule is COC(=O)O[C@H]1C(=O)[C@@]2(C)C([C@H](Oc3ccccc3)[C@]34OC(=O)O[C@H]3[C@H](OC(=O)[C@H](O)[C@H](C=C(C)C)NC(=O)OC(C)(C)C)C(C)=C1C4(C)C)[C@]1(OC(C)=O)COC1C[C@@H]2O. The number of esters is 2. The predicted octanol–water partition coefficient (Wildman–Crippen LogP) is 4.02. The molecular formula is C43H55NO17. The zero-order valence-corrected chi connectivity index (χ0v) is 36.1. The number of ketones is 1. The highest BCUT2D eigenvalue weighted by atomic mass is 16.8. The third-order valence-electron chi connectivity index (χ3n) is 12.5. The van der Waals surface area contributed by atoms with E-state index in [0.29, 0.717) is 5.57 Å². The maximum absolute atomic E-state index is 15.6. The van der Waals surface area contributed by atoms with Gasteiger partial charge in [0.25, 0.3) is 0 Å². The summed E-state index contributed by atoms with van der Waals surface area (Å²) in [7, 11) is 1.03. The smallest absolute Gasteiger partial charge is 0.486 e. The van der Waals surface area contributed by atoms with Gasteiger partial charge in [-0.25, -0.2) is 19.2 Å². The van der Waals surface area contributed by atoms with Crippen LogP contribution in [0.1, 0.15) is 75.7 Å². The molecule has 1 amide bonds. The zero-order valence-electron chi connectivity index (χ0n) is 36.1. The molecule has 1 aromatic rings. The van der Waals surface area contributed by atoms with Crippen LogP contribution >= 0.6 is 0 Å². The first kappa shape index (κ1) is 45.3. The number of allylic oxidation sites excluding steroid dienone is 1. The van der Waals surface area contributed by atoms with Crippen LogP contribution < -0.4 is 10.1 Å². The topological polar surface area (TPSA) is 238 Å². The van der Waals surface area contributed by atoms with Crippen molar-refractivity contribution in [3.63, 3.8) is 0 Å². The van der Waals surface area contributed by atoms with Gasteiger partial charge in [-0.05, 0) is 71.7 Å². The predicted molar refractivity (Wildman–Crippen MR) is 209 cm³/mol. The van der Waals surface area contributed by atoms with Crippen LogP contribution in [0, 0.1) is 16.7 Å². The van der Waals surface area contributed by atoms with E-state index in [1.54, 1.807) is 78.8 Å². The van der Waals surface area contributed by atoms with Gasteiger partial charge in [-0.2, -0.15) is 0 Å². The Kier molecular flexibility index (Phi) is 11.8. The number of carbonyl (C=O) groups excluding carboxylic acids is 6. The minimum atomic E-state index is -2.20. The lowest BCUT2D eigenvalue weighted by Crippen LogP contribution is -2.83. The van der Waals surface area contributed by atoms with Crippen molar-refractivity contribution in [2.75, 3.05) is 13.7 Å². The summed E-state index contributed by atoms with van der Waals surface area (Å²) in [4.78, 5) is 83.0. The quantitative estimate of drug-likeness (QED) is 0.181. The molecule has 2 saturated heterocycles. The van der Waals surface area contributed by atoms with Gasteiger partial charge in [-0.15, -0.1) is 0 Å². The van der Waals surface area contributed by atoms with Crippen molar-refractivity contribution >= 4 is 36.1 Å². The lowest BCUT2D eigenvalue weighted by Gasteiger charge is -2.67. The number of para-hydroxylation sites is 1. The fourth-order valence-electron chi connectivity index (χ4n) is 10.0. The Morgan fingerprint density at radius 1 is 1.02 bits per heavy atom. The highest BCUT2D eigenvalue weighted by Gasteiger charge is 2.83. The molecule has 12 atom stereocenters. The number of Topliss-reactive ketones (excluding diaryl/α,β-unsaturated/α-hetero) is 1. The van der Waals surface area contributed by atoms with Crippen LogP contribution in [0.2, 0.25) is 0 Å². The summed E-state index contributed by atoms with van der Waals surface area (Å²) < 4.78 is 53.6. The standard InChI is InChI=1S/C43H55NO17/c1-20(2)17-24(44-36(50)60-39(5,6)7)28(47)35(49)56-29-21(3)27-30(57-37(51)53-11)32(48)41(10)25(46)18-26-42(19-54-26,59-22(4)45)31(41)34(55-23-15-13-12-14-16-23)43(40(27,8)9)33(29)58-38(52)61-43/h12-17,24-26,28-31,33-34,46-47H,18-19H2,1-11H3,(H,44,50)/t24-,25-,26?,28+,29+,30+,31?,33-,34-,41+,42-,43+/m0/s1. The number of fused-ring (bicyclic) bond motifs is 4. The molecule has 61 heavy (non-hydrogen) atoms. The molecule has 3 aliphatic carbocycles. The van der Waals surface area contributed by atoms with Crippen LogP contribution in [0.4, 0.5) is 14.4 Å². The molecule has 0 aromatic heterocycles. The van der Waals surface area contributed by atoms with Crippen molar-refractivity contribution in [2.45, 2.75) is 141 Å².